The van der Waals surface area contributed by atoms with Crippen molar-refractivity contribution < 1.29 is 13.9 Å². The molecule has 1 spiro atoms. The summed E-state index contributed by atoms with van der Waals surface area (Å²) in [6.45, 7) is 2.32. The summed E-state index contributed by atoms with van der Waals surface area (Å²) in [5, 5.41) is 6.39. The number of hydrogen-bond acceptors (Lipinski definition) is 5. The van der Waals surface area contributed by atoms with Gasteiger partial charge in [0.1, 0.15) is 0 Å². The maximum atomic E-state index is 14.2. The van der Waals surface area contributed by atoms with Gasteiger partial charge in [-0.15, -0.1) is 0 Å². The van der Waals surface area contributed by atoms with Crippen LogP contribution in [0.25, 0.3) is 22.8 Å². The van der Waals surface area contributed by atoms with Crippen LogP contribution in [0.2, 0.25) is 0 Å². The number of benzene rings is 1. The number of aromatic amines is 1. The van der Waals surface area contributed by atoms with Crippen LogP contribution in [0.1, 0.15) is 27.2 Å². The van der Waals surface area contributed by atoms with Crippen molar-refractivity contribution in [1.82, 2.24) is 25.6 Å². The molecule has 3 N–H and O–H groups in total. The highest BCUT2D eigenvalue weighted by molar-refractivity contribution is 6.01. The first-order chi connectivity index (χ1) is 14.6. The van der Waals surface area contributed by atoms with Crippen LogP contribution in [0.4, 0.5) is 4.39 Å². The van der Waals surface area contributed by atoms with Crippen molar-refractivity contribution in [2.45, 2.75) is 18.3 Å². The third kappa shape index (κ3) is 2.31. The minimum atomic E-state index is -0.455. The summed E-state index contributed by atoms with van der Waals surface area (Å²) in [6, 6.07) is 4.70. The van der Waals surface area contributed by atoms with Crippen LogP contribution >= 0.6 is 0 Å². The summed E-state index contributed by atoms with van der Waals surface area (Å²) >= 11 is 0. The van der Waals surface area contributed by atoms with Gasteiger partial charge in [0.15, 0.2) is 17.4 Å². The van der Waals surface area contributed by atoms with Crippen LogP contribution in [0.5, 0.6) is 5.75 Å². The minimum absolute atomic E-state index is 0.0185. The number of carbonyl (C=O) groups is 1. The minimum Gasteiger partial charge on any atom is -0.494 e. The fourth-order valence-electron chi connectivity index (χ4n) is 4.80. The number of carbonyl (C=O) groups excluding carboxylic acids is 1. The number of H-pyrrole nitrogens is 1. The first-order valence-electron chi connectivity index (χ1n) is 10.0. The van der Waals surface area contributed by atoms with Gasteiger partial charge >= 0.3 is 0 Å². The van der Waals surface area contributed by atoms with Crippen molar-refractivity contribution in [3.8, 4) is 28.5 Å². The molecule has 7 nitrogen and oxygen atoms in total. The van der Waals surface area contributed by atoms with E-state index in [1.807, 2.05) is 6.20 Å². The third-order valence-corrected chi connectivity index (χ3v) is 6.53. The molecule has 3 aliphatic rings. The predicted octanol–water partition coefficient (Wildman–Crippen LogP) is 1.97. The van der Waals surface area contributed by atoms with Crippen LogP contribution in [-0.4, -0.2) is 47.6 Å². The summed E-state index contributed by atoms with van der Waals surface area (Å²) in [5.74, 6) is 0.153. The topological polar surface area (TPSA) is 91.9 Å². The lowest BCUT2D eigenvalue weighted by atomic mass is 9.74. The van der Waals surface area contributed by atoms with E-state index < -0.39 is 5.82 Å². The molecule has 1 amide bonds. The Morgan fingerprint density at radius 3 is 2.80 bits per heavy atom. The first kappa shape index (κ1) is 17.6. The molecule has 2 aromatic heterocycles. The molecule has 4 heterocycles. The number of methoxy groups -OCH3 is 1. The lowest BCUT2D eigenvalue weighted by Crippen LogP contribution is -2.64. The largest absolute Gasteiger partial charge is 0.494 e. The van der Waals surface area contributed by atoms with Crippen molar-refractivity contribution in [1.29, 1.82) is 0 Å². The number of ether oxygens (including phenoxy) is 1. The second-order valence-corrected chi connectivity index (χ2v) is 8.21. The molecule has 0 bridgehead atoms. The van der Waals surface area contributed by atoms with E-state index in [0.29, 0.717) is 17.9 Å². The molecule has 30 heavy (non-hydrogen) atoms. The molecule has 2 aliphatic heterocycles. The molecule has 3 aromatic rings. The van der Waals surface area contributed by atoms with Gasteiger partial charge in [0, 0.05) is 37.1 Å². The number of nitrogens with zero attached hydrogens (tertiary/aromatic N) is 2. The van der Waals surface area contributed by atoms with Gasteiger partial charge in [-0.3, -0.25) is 4.79 Å². The average molecular weight is 405 g/mol. The molecule has 152 valence electrons. The summed E-state index contributed by atoms with van der Waals surface area (Å²) in [6.07, 6.45) is 3.34. The quantitative estimate of drug-likeness (QED) is 0.606. The van der Waals surface area contributed by atoms with Crippen LogP contribution in [0, 0.1) is 5.82 Å². The Morgan fingerprint density at radius 2 is 2.07 bits per heavy atom. The number of amides is 1. The van der Waals surface area contributed by atoms with Gasteiger partial charge in [-0.2, -0.15) is 0 Å². The van der Waals surface area contributed by atoms with Crippen molar-refractivity contribution >= 4 is 5.91 Å². The molecular weight excluding hydrogens is 385 g/mol. The maximum absolute atomic E-state index is 14.2. The van der Waals surface area contributed by atoms with E-state index in [9.17, 15) is 9.18 Å². The Balaban J connectivity index is 1.50. The van der Waals surface area contributed by atoms with Gasteiger partial charge in [0.2, 0.25) is 0 Å². The maximum Gasteiger partial charge on any atom is 0.253 e. The number of fused-ring (bicyclic) bond motifs is 6. The van der Waals surface area contributed by atoms with Gasteiger partial charge in [0.05, 0.1) is 29.5 Å². The van der Waals surface area contributed by atoms with Crippen molar-refractivity contribution in [3.05, 3.63) is 52.6 Å². The van der Waals surface area contributed by atoms with Crippen LogP contribution in [-0.2, 0) is 18.3 Å². The van der Waals surface area contributed by atoms with E-state index in [2.05, 4.69) is 20.6 Å². The molecular formula is C22H20FN5O2. The molecule has 0 atom stereocenters. The van der Waals surface area contributed by atoms with E-state index in [0.717, 1.165) is 59.7 Å². The number of aryl methyl sites for hydroxylation is 1. The SMILES string of the molecule is COc1ccc(-c2ncc3c(n2)-c2[nH]c4c(c2CC3)C(=O)NCC42CNC2)cc1F. The average Bonchev–Trinajstić information content (AvgIpc) is 3.14. The van der Waals surface area contributed by atoms with E-state index in [1.165, 1.54) is 13.2 Å². The predicted molar refractivity (Wildman–Crippen MR) is 108 cm³/mol. The monoisotopic (exact) mass is 405 g/mol. The third-order valence-electron chi connectivity index (χ3n) is 6.53. The highest BCUT2D eigenvalue weighted by atomic mass is 19.1. The van der Waals surface area contributed by atoms with Crippen LogP contribution in [0.15, 0.2) is 24.4 Å². The van der Waals surface area contributed by atoms with Gasteiger partial charge in [0.25, 0.3) is 5.91 Å². The number of hydrogen-bond donors (Lipinski definition) is 3. The number of nitrogens with one attached hydrogen (secondary N) is 3. The molecule has 1 aromatic carbocycles. The van der Waals surface area contributed by atoms with Crippen molar-refractivity contribution in [3.63, 3.8) is 0 Å². The van der Waals surface area contributed by atoms with Gasteiger partial charge < -0.3 is 20.4 Å². The molecule has 0 unspecified atom stereocenters. The highest BCUT2D eigenvalue weighted by Crippen LogP contribution is 2.42. The summed E-state index contributed by atoms with van der Waals surface area (Å²) in [5.41, 5.74) is 6.03. The molecule has 6 rings (SSSR count). The zero-order chi connectivity index (χ0) is 20.5. The smallest absolute Gasteiger partial charge is 0.253 e. The molecule has 1 fully saturated rings. The van der Waals surface area contributed by atoms with E-state index in [1.54, 1.807) is 12.1 Å². The van der Waals surface area contributed by atoms with Crippen LogP contribution in [0.3, 0.4) is 0 Å². The van der Waals surface area contributed by atoms with E-state index in [-0.39, 0.29) is 17.1 Å². The Morgan fingerprint density at radius 1 is 1.20 bits per heavy atom. The Labute approximate surface area is 172 Å². The molecule has 0 saturated carbocycles. The van der Waals surface area contributed by atoms with Crippen LogP contribution < -0.4 is 15.4 Å². The normalized spacial score (nSPS) is 18.1. The summed E-state index contributed by atoms with van der Waals surface area (Å²) in [4.78, 5) is 25.5. The van der Waals surface area contributed by atoms with Crippen molar-refractivity contribution in [2.24, 2.45) is 0 Å². The standard InChI is InChI=1S/C22H20FN5O2/c1-30-15-5-3-11(6-14(15)23)20-25-7-12-2-4-13-16-19(27-18(13)17(12)28-20)22(8-24-9-22)10-26-21(16)29/h3,5-7,24,27H,2,4,8-10H2,1H3,(H,26,29). The fraction of sp³-hybridized carbons (Fsp3) is 0.318. The Bertz CT molecular complexity index is 1210. The van der Waals surface area contributed by atoms with E-state index in [4.69, 9.17) is 9.72 Å². The van der Waals surface area contributed by atoms with E-state index >= 15 is 0 Å². The molecule has 1 aliphatic carbocycles. The first-order valence-corrected chi connectivity index (χ1v) is 10.0. The fourth-order valence-corrected chi connectivity index (χ4v) is 4.80. The van der Waals surface area contributed by atoms with Gasteiger partial charge in [-0.1, -0.05) is 0 Å². The lowest BCUT2D eigenvalue weighted by molar-refractivity contribution is 0.0905. The van der Waals surface area contributed by atoms with Crippen molar-refractivity contribution in [2.75, 3.05) is 26.7 Å². The summed E-state index contributed by atoms with van der Waals surface area (Å²) in [7, 11) is 1.43. The Kier molecular flexibility index (Phi) is 3.59. The summed E-state index contributed by atoms with van der Waals surface area (Å²) < 4.78 is 19.2. The number of rotatable bonds is 2. The lowest BCUT2D eigenvalue weighted by Gasteiger charge is -2.45. The van der Waals surface area contributed by atoms with Gasteiger partial charge in [-0.25, -0.2) is 14.4 Å². The number of halogens is 1. The second kappa shape index (κ2) is 6.12. The zero-order valence-corrected chi connectivity index (χ0v) is 16.4. The molecule has 1 saturated heterocycles. The molecule has 8 heteroatoms. The zero-order valence-electron chi connectivity index (χ0n) is 16.4. The van der Waals surface area contributed by atoms with Gasteiger partial charge in [-0.05, 0) is 42.2 Å². The number of aromatic nitrogens is 3. The Hall–Kier alpha value is -3.26. The second-order valence-electron chi connectivity index (χ2n) is 8.21. The highest BCUT2D eigenvalue weighted by Gasteiger charge is 2.47. The molecule has 0 radical (unpaired) electrons.